The molecule has 2 N–H and O–H groups in total. The van der Waals surface area contributed by atoms with E-state index in [4.69, 9.17) is 14.1 Å². The molecule has 0 saturated heterocycles. The van der Waals surface area contributed by atoms with E-state index in [-0.39, 0.29) is 9.79 Å². The molecule has 9 heteroatoms. The number of nitrogens with two attached hydrogens (primary N) is 1. The van der Waals surface area contributed by atoms with Gasteiger partial charge in [0.1, 0.15) is 6.10 Å². The molecule has 0 bridgehead atoms. The van der Waals surface area contributed by atoms with Gasteiger partial charge in [0.2, 0.25) is 0 Å². The third kappa shape index (κ3) is 5.53. The monoisotopic (exact) mass is 447 g/mol. The summed E-state index contributed by atoms with van der Waals surface area (Å²) in [5, 5.41) is 0. The van der Waals surface area contributed by atoms with Gasteiger partial charge in [0.25, 0.3) is 20.2 Å². The third-order valence-electron chi connectivity index (χ3n) is 4.23. The topological polar surface area (TPSA) is 113 Å². The highest BCUT2D eigenvalue weighted by atomic mass is 32.2. The van der Waals surface area contributed by atoms with E-state index in [9.17, 15) is 16.8 Å². The Morgan fingerprint density at radius 1 is 0.667 bits per heavy atom. The number of hydrogen-bond acceptors (Lipinski definition) is 7. The summed E-state index contributed by atoms with van der Waals surface area (Å²) in [6, 6.07) is 22.6. The molecule has 0 aliphatic carbocycles. The Morgan fingerprint density at radius 2 is 1.10 bits per heavy atom. The predicted octanol–water partition coefficient (Wildman–Crippen LogP) is 2.87. The highest BCUT2D eigenvalue weighted by molar-refractivity contribution is 7.87. The van der Waals surface area contributed by atoms with Crippen LogP contribution in [-0.4, -0.2) is 29.5 Å². The molecule has 0 aliphatic heterocycles. The van der Waals surface area contributed by atoms with Crippen molar-refractivity contribution in [3.63, 3.8) is 0 Å². The zero-order valence-electron chi connectivity index (χ0n) is 15.9. The van der Waals surface area contributed by atoms with Gasteiger partial charge in [-0.15, -0.1) is 0 Å². The van der Waals surface area contributed by atoms with E-state index in [1.807, 2.05) is 0 Å². The first kappa shape index (κ1) is 22.1. The average molecular weight is 448 g/mol. The Hall–Kier alpha value is -2.56. The number of benzene rings is 3. The van der Waals surface area contributed by atoms with Crippen LogP contribution in [0.25, 0.3) is 0 Å². The maximum absolute atomic E-state index is 12.7. The fourth-order valence-electron chi connectivity index (χ4n) is 2.71. The van der Waals surface area contributed by atoms with Gasteiger partial charge >= 0.3 is 0 Å². The molecular formula is C21H21NO6S2. The molecule has 0 amide bonds. The van der Waals surface area contributed by atoms with Crippen LogP contribution in [-0.2, 0) is 28.6 Å². The van der Waals surface area contributed by atoms with Crippen molar-refractivity contribution < 1.29 is 25.2 Å². The van der Waals surface area contributed by atoms with Crippen molar-refractivity contribution in [2.45, 2.75) is 21.9 Å². The van der Waals surface area contributed by atoms with E-state index in [0.29, 0.717) is 5.56 Å². The second kappa shape index (κ2) is 9.50. The number of hydrogen-bond donors (Lipinski definition) is 1. The minimum atomic E-state index is -4.14. The first-order valence-electron chi connectivity index (χ1n) is 9.03. The lowest BCUT2D eigenvalue weighted by molar-refractivity contribution is 0.146. The van der Waals surface area contributed by atoms with Crippen LogP contribution < -0.4 is 5.73 Å². The molecule has 0 radical (unpaired) electrons. The van der Waals surface area contributed by atoms with Crippen LogP contribution in [0.1, 0.15) is 11.7 Å². The van der Waals surface area contributed by atoms with Crippen LogP contribution in [0, 0.1) is 0 Å². The molecule has 7 nitrogen and oxygen atoms in total. The highest BCUT2D eigenvalue weighted by Gasteiger charge is 2.30. The van der Waals surface area contributed by atoms with Gasteiger partial charge in [0.05, 0.1) is 22.4 Å². The standard InChI is InChI=1S/C21H21NO6S2/c22-20(16-27-29(23,24)18-12-6-2-7-13-18)21(17-10-4-1-5-11-17)28-30(25,26)19-14-8-3-9-15-19/h1-15,20-21H,16,22H2. The molecule has 0 aliphatic rings. The van der Waals surface area contributed by atoms with E-state index in [1.54, 1.807) is 66.7 Å². The van der Waals surface area contributed by atoms with E-state index in [2.05, 4.69) is 0 Å². The Balaban J connectivity index is 1.82. The van der Waals surface area contributed by atoms with Crippen LogP contribution in [0.5, 0.6) is 0 Å². The fourth-order valence-corrected chi connectivity index (χ4v) is 4.80. The second-order valence-electron chi connectivity index (χ2n) is 6.41. The maximum Gasteiger partial charge on any atom is 0.297 e. The molecule has 3 rings (SSSR count). The molecule has 0 spiro atoms. The molecule has 0 heterocycles. The summed E-state index contributed by atoms with van der Waals surface area (Å²) >= 11 is 0. The van der Waals surface area contributed by atoms with Crippen molar-refractivity contribution in [1.29, 1.82) is 0 Å². The largest absolute Gasteiger partial charge is 0.323 e. The fraction of sp³-hybridized carbons (Fsp3) is 0.143. The quantitative estimate of drug-likeness (QED) is 0.502. The van der Waals surface area contributed by atoms with Gasteiger partial charge in [0.15, 0.2) is 0 Å². The van der Waals surface area contributed by atoms with Crippen molar-refractivity contribution in [3.8, 4) is 0 Å². The second-order valence-corrected chi connectivity index (χ2v) is 9.60. The van der Waals surface area contributed by atoms with Crippen LogP contribution >= 0.6 is 0 Å². The van der Waals surface area contributed by atoms with Crippen molar-refractivity contribution >= 4 is 20.2 Å². The van der Waals surface area contributed by atoms with E-state index in [1.165, 1.54) is 24.3 Å². The summed E-state index contributed by atoms with van der Waals surface area (Å²) in [4.78, 5) is -0.0535. The predicted molar refractivity (Wildman–Crippen MR) is 111 cm³/mol. The van der Waals surface area contributed by atoms with Crippen molar-refractivity contribution in [1.82, 2.24) is 0 Å². The molecule has 0 saturated carbocycles. The van der Waals surface area contributed by atoms with Gasteiger partial charge < -0.3 is 5.73 Å². The third-order valence-corrected chi connectivity index (χ3v) is 6.83. The molecule has 2 unspecified atom stereocenters. The first-order chi connectivity index (χ1) is 14.3. The van der Waals surface area contributed by atoms with Crippen LogP contribution in [0.15, 0.2) is 101 Å². The number of rotatable bonds is 9. The van der Waals surface area contributed by atoms with Crippen LogP contribution in [0.2, 0.25) is 0 Å². The summed E-state index contributed by atoms with van der Waals surface area (Å²) in [6.45, 7) is -0.471. The zero-order valence-corrected chi connectivity index (χ0v) is 17.5. The van der Waals surface area contributed by atoms with Gasteiger partial charge in [-0.2, -0.15) is 16.8 Å². The molecule has 2 atom stereocenters. The summed E-state index contributed by atoms with van der Waals surface area (Å²) in [7, 11) is -8.20. The van der Waals surface area contributed by atoms with Gasteiger partial charge in [0, 0.05) is 0 Å². The lowest BCUT2D eigenvalue weighted by Crippen LogP contribution is -2.36. The van der Waals surface area contributed by atoms with E-state index in [0.717, 1.165) is 0 Å². The lowest BCUT2D eigenvalue weighted by atomic mass is 10.0. The van der Waals surface area contributed by atoms with Gasteiger partial charge in [-0.1, -0.05) is 66.7 Å². The van der Waals surface area contributed by atoms with Gasteiger partial charge in [-0.25, -0.2) is 0 Å². The summed E-state index contributed by atoms with van der Waals surface area (Å²) in [6.07, 6.45) is -1.15. The molecule has 0 aromatic heterocycles. The smallest absolute Gasteiger partial charge is 0.297 e. The Bertz CT molecular complexity index is 1150. The SMILES string of the molecule is NC(COS(=O)(=O)c1ccccc1)C(OS(=O)(=O)c1ccccc1)c1ccccc1. The lowest BCUT2D eigenvalue weighted by Gasteiger charge is -2.24. The molecule has 3 aromatic rings. The summed E-state index contributed by atoms with van der Waals surface area (Å²) in [5.74, 6) is 0. The zero-order chi connectivity index (χ0) is 21.6. The Labute approximate surface area is 176 Å². The van der Waals surface area contributed by atoms with Crippen LogP contribution in [0.4, 0.5) is 0 Å². The Kier molecular flexibility index (Phi) is 7.01. The van der Waals surface area contributed by atoms with Gasteiger partial charge in [-0.05, 0) is 29.8 Å². The molecule has 30 heavy (non-hydrogen) atoms. The van der Waals surface area contributed by atoms with Crippen molar-refractivity contribution in [2.75, 3.05) is 6.61 Å². The minimum absolute atomic E-state index is 0.0220. The molecule has 158 valence electrons. The van der Waals surface area contributed by atoms with Gasteiger partial charge in [-0.3, -0.25) is 8.37 Å². The van der Waals surface area contributed by atoms with Crippen molar-refractivity contribution in [2.24, 2.45) is 5.73 Å². The average Bonchev–Trinajstić information content (AvgIpc) is 2.78. The normalized spacial score (nSPS) is 14.2. The minimum Gasteiger partial charge on any atom is -0.323 e. The summed E-state index contributed by atoms with van der Waals surface area (Å²) < 4.78 is 60.6. The highest BCUT2D eigenvalue weighted by Crippen LogP contribution is 2.27. The molecular weight excluding hydrogens is 426 g/mol. The molecule has 0 fully saturated rings. The first-order valence-corrected chi connectivity index (χ1v) is 11.8. The van der Waals surface area contributed by atoms with Crippen LogP contribution in [0.3, 0.4) is 0 Å². The summed E-state index contributed by atoms with van der Waals surface area (Å²) in [5.41, 5.74) is 6.62. The Morgan fingerprint density at radius 3 is 1.60 bits per heavy atom. The van der Waals surface area contributed by atoms with Crippen molar-refractivity contribution in [3.05, 3.63) is 96.6 Å². The molecule has 3 aromatic carbocycles. The maximum atomic E-state index is 12.7. The van der Waals surface area contributed by atoms with E-state index >= 15 is 0 Å². The van der Waals surface area contributed by atoms with E-state index < -0.39 is 39.0 Å².